The van der Waals surface area contributed by atoms with E-state index >= 15 is 0 Å². The number of rotatable bonds is 17. The number of nitrogens with two attached hydrogens (primary N) is 1. The number of hydrogen-bond acceptors (Lipinski definition) is 11. The molecule has 280 valence electrons. The molecule has 3 aliphatic rings. The van der Waals surface area contributed by atoms with Gasteiger partial charge in [-0.25, -0.2) is 17.6 Å². The SMILES string of the molecule is CC(=O)NC1C(O[C@@H](CC2CCCCC2)C(N)=O)[C@H](O)[C@H](C(F)F)O[C@H]1O[C@@H](C)CCC[C@H](COC1O[C@@H](C)C(O)[C@H](O)[C@@H]1O)C(F)F. The Labute approximate surface area is 277 Å². The van der Waals surface area contributed by atoms with Crippen molar-refractivity contribution in [3.8, 4) is 0 Å². The molecule has 13 nitrogen and oxygen atoms in total. The van der Waals surface area contributed by atoms with Gasteiger partial charge < -0.3 is 55.2 Å². The van der Waals surface area contributed by atoms with Crippen molar-refractivity contribution in [3.63, 3.8) is 0 Å². The molecule has 4 unspecified atom stereocenters. The van der Waals surface area contributed by atoms with Crippen molar-refractivity contribution in [2.24, 2.45) is 17.6 Å². The monoisotopic (exact) mass is 704 g/mol. The summed E-state index contributed by atoms with van der Waals surface area (Å²) in [4.78, 5) is 24.6. The highest BCUT2D eigenvalue weighted by Crippen LogP contribution is 2.33. The molecular formula is C31H52F4N2O11. The summed E-state index contributed by atoms with van der Waals surface area (Å²) in [6.45, 7) is 3.61. The molecule has 2 heterocycles. The molecule has 0 bridgehead atoms. The highest BCUT2D eigenvalue weighted by atomic mass is 19.3. The van der Waals surface area contributed by atoms with E-state index in [9.17, 15) is 47.6 Å². The van der Waals surface area contributed by atoms with Crippen LogP contribution in [-0.4, -0.2) is 125 Å². The lowest BCUT2D eigenvalue weighted by molar-refractivity contribution is -0.304. The fourth-order valence-electron chi connectivity index (χ4n) is 6.52. The molecule has 7 N–H and O–H groups in total. The van der Waals surface area contributed by atoms with Crippen LogP contribution >= 0.6 is 0 Å². The maximum atomic E-state index is 14.1. The second-order valence-electron chi connectivity index (χ2n) is 13.2. The Kier molecular flexibility index (Phi) is 16.2. The summed E-state index contributed by atoms with van der Waals surface area (Å²) in [5.74, 6) is -2.66. The number of aliphatic hydroxyl groups excluding tert-OH is 4. The van der Waals surface area contributed by atoms with Crippen molar-refractivity contribution in [1.82, 2.24) is 5.32 Å². The maximum absolute atomic E-state index is 14.1. The summed E-state index contributed by atoms with van der Waals surface area (Å²) in [5.41, 5.74) is 5.62. The molecule has 13 atom stereocenters. The smallest absolute Gasteiger partial charge is 0.267 e. The second-order valence-corrected chi connectivity index (χ2v) is 13.2. The van der Waals surface area contributed by atoms with Gasteiger partial charge in [0.05, 0.1) is 18.8 Å². The molecule has 1 aliphatic carbocycles. The number of carbonyl (C=O) groups is 2. The van der Waals surface area contributed by atoms with Gasteiger partial charge in [0.1, 0.15) is 48.8 Å². The van der Waals surface area contributed by atoms with Gasteiger partial charge >= 0.3 is 0 Å². The first-order chi connectivity index (χ1) is 22.6. The zero-order chi connectivity index (χ0) is 35.7. The van der Waals surface area contributed by atoms with Crippen LogP contribution in [0.15, 0.2) is 0 Å². The molecule has 48 heavy (non-hydrogen) atoms. The molecule has 17 heteroatoms. The van der Waals surface area contributed by atoms with E-state index in [-0.39, 0.29) is 31.6 Å². The van der Waals surface area contributed by atoms with E-state index in [0.717, 1.165) is 39.0 Å². The first-order valence-corrected chi connectivity index (χ1v) is 16.7. The second kappa shape index (κ2) is 19.1. The van der Waals surface area contributed by atoms with Crippen LogP contribution in [0, 0.1) is 11.8 Å². The van der Waals surface area contributed by atoms with Gasteiger partial charge in [0.15, 0.2) is 12.6 Å². The van der Waals surface area contributed by atoms with Crippen molar-refractivity contribution in [2.45, 2.75) is 165 Å². The highest BCUT2D eigenvalue weighted by molar-refractivity contribution is 5.78. The van der Waals surface area contributed by atoms with Gasteiger partial charge in [-0.15, -0.1) is 0 Å². The van der Waals surface area contributed by atoms with Crippen molar-refractivity contribution < 1.29 is 71.3 Å². The molecule has 2 amide bonds. The Morgan fingerprint density at radius 3 is 2.17 bits per heavy atom. The average molecular weight is 705 g/mol. The maximum Gasteiger partial charge on any atom is 0.267 e. The largest absolute Gasteiger partial charge is 0.388 e. The number of aliphatic hydroxyl groups is 4. The molecule has 0 aromatic carbocycles. The lowest BCUT2D eigenvalue weighted by atomic mass is 9.85. The van der Waals surface area contributed by atoms with Crippen LogP contribution in [0.5, 0.6) is 0 Å². The van der Waals surface area contributed by atoms with Gasteiger partial charge in [-0.1, -0.05) is 38.5 Å². The molecule has 2 saturated heterocycles. The van der Waals surface area contributed by atoms with Crippen LogP contribution < -0.4 is 11.1 Å². The van der Waals surface area contributed by atoms with E-state index in [4.69, 9.17) is 29.4 Å². The van der Waals surface area contributed by atoms with Gasteiger partial charge in [-0.05, 0) is 39.0 Å². The van der Waals surface area contributed by atoms with Crippen molar-refractivity contribution >= 4 is 11.8 Å². The van der Waals surface area contributed by atoms with E-state index in [1.807, 2.05) is 0 Å². The van der Waals surface area contributed by atoms with Crippen LogP contribution in [0.2, 0.25) is 0 Å². The van der Waals surface area contributed by atoms with Gasteiger partial charge in [0, 0.05) is 12.8 Å². The Bertz CT molecular complexity index is 998. The number of nitrogens with one attached hydrogen (secondary N) is 1. The first kappa shape index (κ1) is 40.7. The van der Waals surface area contributed by atoms with E-state index in [0.29, 0.717) is 0 Å². The third-order valence-electron chi connectivity index (χ3n) is 9.33. The molecule has 1 saturated carbocycles. The third-order valence-corrected chi connectivity index (χ3v) is 9.33. The number of ether oxygens (including phenoxy) is 5. The number of halogens is 4. The van der Waals surface area contributed by atoms with Gasteiger partial charge in [-0.2, -0.15) is 0 Å². The van der Waals surface area contributed by atoms with Crippen molar-refractivity contribution in [2.75, 3.05) is 6.61 Å². The number of primary amides is 1. The Morgan fingerprint density at radius 1 is 0.917 bits per heavy atom. The summed E-state index contributed by atoms with van der Waals surface area (Å²) in [5, 5.41) is 43.3. The minimum atomic E-state index is -3.19. The molecule has 0 aromatic rings. The summed E-state index contributed by atoms with van der Waals surface area (Å²) < 4.78 is 83.7. The predicted octanol–water partition coefficient (Wildman–Crippen LogP) is 1.35. The van der Waals surface area contributed by atoms with Gasteiger partial charge in [0.2, 0.25) is 18.2 Å². The predicted molar refractivity (Wildman–Crippen MR) is 160 cm³/mol. The van der Waals surface area contributed by atoms with Crippen LogP contribution in [0.4, 0.5) is 17.6 Å². The summed E-state index contributed by atoms with van der Waals surface area (Å²) in [6.07, 6.45) is -17.1. The molecule has 0 spiro atoms. The average Bonchev–Trinajstić information content (AvgIpc) is 3.02. The van der Waals surface area contributed by atoms with E-state index in [1.54, 1.807) is 6.92 Å². The number of hydrogen-bond donors (Lipinski definition) is 6. The molecule has 0 radical (unpaired) electrons. The summed E-state index contributed by atoms with van der Waals surface area (Å²) in [7, 11) is 0. The highest BCUT2D eigenvalue weighted by Gasteiger charge is 2.52. The molecule has 3 fully saturated rings. The Balaban J connectivity index is 1.64. The van der Waals surface area contributed by atoms with Crippen LogP contribution in [0.1, 0.15) is 78.6 Å². The fraction of sp³-hybridized carbons (Fsp3) is 0.935. The number of alkyl halides is 4. The van der Waals surface area contributed by atoms with Crippen LogP contribution in [0.25, 0.3) is 0 Å². The quantitative estimate of drug-likeness (QED) is 0.120. The van der Waals surface area contributed by atoms with Crippen molar-refractivity contribution in [1.29, 1.82) is 0 Å². The lowest BCUT2D eigenvalue weighted by Crippen LogP contribution is -2.67. The standard InChI is InChI=1S/C31H52F4N2O11/c1-14(8-7-11-18(27(32)33)13-44-31-23(41)22(40)21(39)15(2)46-31)45-30-20(37-16(3)38)25(24(42)26(48-30)28(34)35)47-19(29(36)43)12-17-9-5-4-6-10-17/h14-15,17-28,30-31,39-42H,4-13H2,1-3H3,(H2,36,43)(H,37,38)/t14-,15-,18+,19-,20?,21?,22-,23-,24-,25?,26+,30+,31?/m0/s1. The zero-order valence-corrected chi connectivity index (χ0v) is 27.5. The molecular weight excluding hydrogens is 652 g/mol. The molecule has 0 aromatic heterocycles. The molecule has 2 aliphatic heterocycles. The normalized spacial score (nSPS) is 35.4. The summed E-state index contributed by atoms with van der Waals surface area (Å²) >= 11 is 0. The minimum absolute atomic E-state index is 0.0822. The topological polar surface area (TPSA) is 199 Å². The van der Waals surface area contributed by atoms with E-state index < -0.39 is 111 Å². The third kappa shape index (κ3) is 11.4. The lowest BCUT2D eigenvalue weighted by Gasteiger charge is -2.45. The van der Waals surface area contributed by atoms with Crippen molar-refractivity contribution in [3.05, 3.63) is 0 Å². The van der Waals surface area contributed by atoms with Crippen LogP contribution in [0.3, 0.4) is 0 Å². The number of carbonyl (C=O) groups excluding carboxylic acids is 2. The van der Waals surface area contributed by atoms with E-state index in [1.165, 1.54) is 6.92 Å². The number of amides is 2. The van der Waals surface area contributed by atoms with Gasteiger partial charge in [0.25, 0.3) is 6.43 Å². The first-order valence-electron chi connectivity index (χ1n) is 16.7. The van der Waals surface area contributed by atoms with Gasteiger partial charge in [-0.3, -0.25) is 9.59 Å². The fourth-order valence-corrected chi connectivity index (χ4v) is 6.52. The Hall–Kier alpha value is -1.70. The van der Waals surface area contributed by atoms with Crippen LogP contribution in [-0.2, 0) is 33.3 Å². The molecule has 3 rings (SSSR count). The Morgan fingerprint density at radius 2 is 1.58 bits per heavy atom. The van der Waals surface area contributed by atoms with E-state index in [2.05, 4.69) is 5.32 Å². The minimum Gasteiger partial charge on any atom is -0.388 e. The zero-order valence-electron chi connectivity index (χ0n) is 27.5. The summed E-state index contributed by atoms with van der Waals surface area (Å²) in [6, 6.07) is -1.33.